The molecule has 0 atom stereocenters. The van der Waals surface area contributed by atoms with E-state index >= 15 is 0 Å². The lowest BCUT2D eigenvalue weighted by Crippen LogP contribution is -2.20. The number of ether oxygens (including phenoxy) is 2. The summed E-state index contributed by atoms with van der Waals surface area (Å²) in [5, 5.41) is 8.56. The Labute approximate surface area is 137 Å². The van der Waals surface area contributed by atoms with Crippen molar-refractivity contribution in [3.63, 3.8) is 0 Å². The van der Waals surface area contributed by atoms with Crippen LogP contribution in [0.15, 0.2) is 11.8 Å². The number of carboxylic acids is 1. The van der Waals surface area contributed by atoms with Gasteiger partial charge >= 0.3 is 11.9 Å². The molecule has 24 heavy (non-hydrogen) atoms. The molecule has 0 aromatic carbocycles. The van der Waals surface area contributed by atoms with Crippen LogP contribution < -0.4 is 0 Å². The Hall–Kier alpha value is -2.90. The van der Waals surface area contributed by atoms with E-state index in [1.807, 2.05) is 0 Å². The van der Waals surface area contributed by atoms with Crippen LogP contribution in [-0.2, 0) is 32.7 Å². The molecule has 0 aliphatic heterocycles. The number of allylic oxidation sites excluding steroid dienone is 2. The summed E-state index contributed by atoms with van der Waals surface area (Å²) in [6, 6.07) is 0. The number of carbonyl (C=O) groups is 4. The van der Waals surface area contributed by atoms with Crippen LogP contribution >= 0.6 is 0 Å². The summed E-state index contributed by atoms with van der Waals surface area (Å²) in [6.45, 7) is 1.48. The maximum Gasteiger partial charge on any atom is 0.306 e. The van der Waals surface area contributed by atoms with E-state index in [0.29, 0.717) is 11.3 Å². The number of hydrogen-bond donors (Lipinski definition) is 1. The van der Waals surface area contributed by atoms with Crippen LogP contribution in [0.1, 0.15) is 44.9 Å². The number of hydrogen-bond acceptors (Lipinski definition) is 6. The Bertz CT molecular complexity index is 770. The Morgan fingerprint density at radius 1 is 1.25 bits per heavy atom. The van der Waals surface area contributed by atoms with Gasteiger partial charge in [0.05, 0.1) is 25.5 Å². The molecule has 1 aliphatic carbocycles. The molecular weight excluding hydrogens is 318 g/mol. The molecule has 1 aromatic heterocycles. The van der Waals surface area contributed by atoms with Crippen molar-refractivity contribution < 1.29 is 33.8 Å². The lowest BCUT2D eigenvalue weighted by molar-refractivity contribution is -0.148. The molecule has 0 unspecified atom stereocenters. The highest BCUT2D eigenvalue weighted by molar-refractivity contribution is 6.24. The Kier molecular flexibility index (Phi) is 4.87. The summed E-state index contributed by atoms with van der Waals surface area (Å²) in [5.74, 6) is -2.68. The first-order valence-electron chi connectivity index (χ1n) is 7.18. The van der Waals surface area contributed by atoms with E-state index in [2.05, 4.69) is 0 Å². The van der Waals surface area contributed by atoms with Gasteiger partial charge in [-0.15, -0.1) is 0 Å². The van der Waals surface area contributed by atoms with Gasteiger partial charge in [-0.25, -0.2) is 0 Å². The van der Waals surface area contributed by atoms with Gasteiger partial charge in [0.25, 0.3) is 0 Å². The molecule has 0 radical (unpaired) electrons. The van der Waals surface area contributed by atoms with Crippen LogP contribution in [0, 0.1) is 6.92 Å². The minimum absolute atomic E-state index is 0.0726. The average molecular weight is 335 g/mol. The quantitative estimate of drug-likeness (QED) is 0.776. The second-order valence-corrected chi connectivity index (χ2v) is 5.31. The van der Waals surface area contributed by atoms with Crippen LogP contribution in [-0.4, -0.2) is 40.3 Å². The fraction of sp³-hybridized carbons (Fsp3) is 0.375. The molecule has 0 saturated heterocycles. The van der Waals surface area contributed by atoms with Gasteiger partial charge in [-0.05, 0) is 6.92 Å². The third kappa shape index (κ3) is 3.08. The van der Waals surface area contributed by atoms with E-state index < -0.39 is 17.7 Å². The van der Waals surface area contributed by atoms with Crippen molar-refractivity contribution in [2.45, 2.75) is 26.4 Å². The SMILES string of the molecule is COC1=CC(=O)c2c(c(COC(=O)CCC(=O)O)c(C)n2C)C1=O. The number of carboxylic acid groups (broad SMARTS) is 1. The Morgan fingerprint density at radius 2 is 1.92 bits per heavy atom. The first-order valence-corrected chi connectivity index (χ1v) is 7.18. The van der Waals surface area contributed by atoms with Crippen LogP contribution in [0.25, 0.3) is 0 Å². The molecule has 1 N–H and O–H groups in total. The number of ketones is 2. The first-order chi connectivity index (χ1) is 11.3. The highest BCUT2D eigenvalue weighted by atomic mass is 16.5. The maximum absolute atomic E-state index is 12.5. The number of aliphatic carboxylic acids is 1. The first kappa shape index (κ1) is 17.5. The summed E-state index contributed by atoms with van der Waals surface area (Å²) in [7, 11) is 2.93. The zero-order valence-corrected chi connectivity index (χ0v) is 13.5. The number of aromatic nitrogens is 1. The zero-order valence-electron chi connectivity index (χ0n) is 13.5. The fourth-order valence-corrected chi connectivity index (χ4v) is 2.53. The van der Waals surface area contributed by atoms with Gasteiger partial charge in [-0.3, -0.25) is 19.2 Å². The molecule has 8 nitrogen and oxygen atoms in total. The molecule has 128 valence electrons. The van der Waals surface area contributed by atoms with Crippen molar-refractivity contribution >= 4 is 23.5 Å². The molecular formula is C16H17NO7. The molecule has 0 saturated carbocycles. The molecule has 0 bridgehead atoms. The molecule has 0 fully saturated rings. The number of esters is 1. The number of rotatable bonds is 6. The molecule has 1 heterocycles. The smallest absolute Gasteiger partial charge is 0.306 e. The minimum atomic E-state index is -1.10. The van der Waals surface area contributed by atoms with Gasteiger partial charge in [0.15, 0.2) is 5.76 Å². The molecule has 0 spiro atoms. The van der Waals surface area contributed by atoms with E-state index in [9.17, 15) is 19.2 Å². The van der Waals surface area contributed by atoms with Crippen molar-refractivity contribution in [2.24, 2.45) is 7.05 Å². The largest absolute Gasteiger partial charge is 0.492 e. The van der Waals surface area contributed by atoms with Crippen LogP contribution in [0.4, 0.5) is 0 Å². The number of methoxy groups -OCH3 is 1. The number of Topliss-reactive ketones (excluding diaryl/α,β-unsaturated/α-hetero) is 1. The van der Waals surface area contributed by atoms with E-state index in [1.165, 1.54) is 7.11 Å². The maximum atomic E-state index is 12.5. The lowest BCUT2D eigenvalue weighted by atomic mass is 9.96. The molecule has 8 heteroatoms. The van der Waals surface area contributed by atoms with Gasteiger partial charge in [0, 0.05) is 24.4 Å². The van der Waals surface area contributed by atoms with Crippen molar-refractivity contribution in [1.82, 2.24) is 4.57 Å². The fourth-order valence-electron chi connectivity index (χ4n) is 2.53. The zero-order chi connectivity index (χ0) is 18.0. The van der Waals surface area contributed by atoms with Crippen LogP contribution in [0.3, 0.4) is 0 Å². The summed E-state index contributed by atoms with van der Waals surface area (Å²) < 4.78 is 11.6. The summed E-state index contributed by atoms with van der Waals surface area (Å²) in [4.78, 5) is 46.7. The number of carbonyl (C=O) groups excluding carboxylic acids is 3. The molecule has 2 rings (SSSR count). The summed E-state index contributed by atoms with van der Waals surface area (Å²) in [5.41, 5.74) is 1.40. The Morgan fingerprint density at radius 3 is 2.50 bits per heavy atom. The van der Waals surface area contributed by atoms with E-state index in [1.54, 1.807) is 18.5 Å². The summed E-state index contributed by atoms with van der Waals surface area (Å²) in [6.07, 6.45) is 0.533. The monoisotopic (exact) mass is 335 g/mol. The predicted octanol–water partition coefficient (Wildman–Crippen LogP) is 1.15. The molecule has 1 aliphatic rings. The standard InChI is InChI=1S/C16H17NO7/c1-8-9(7-24-13(21)5-4-12(19)20)14-15(17(8)2)10(18)6-11(23-3)16(14)22/h6H,4-5,7H2,1-3H3,(H,19,20). The Balaban J connectivity index is 2.29. The summed E-state index contributed by atoms with van der Waals surface area (Å²) >= 11 is 0. The van der Waals surface area contributed by atoms with Crippen molar-refractivity contribution in [3.8, 4) is 0 Å². The van der Waals surface area contributed by atoms with E-state index in [-0.39, 0.29) is 42.2 Å². The average Bonchev–Trinajstić information content (AvgIpc) is 2.79. The second kappa shape index (κ2) is 6.69. The third-order valence-corrected chi connectivity index (χ3v) is 3.90. The van der Waals surface area contributed by atoms with E-state index in [0.717, 1.165) is 6.08 Å². The van der Waals surface area contributed by atoms with Gasteiger partial charge < -0.3 is 19.1 Å². The van der Waals surface area contributed by atoms with Gasteiger partial charge in [0.2, 0.25) is 11.6 Å². The van der Waals surface area contributed by atoms with Gasteiger partial charge in [-0.2, -0.15) is 0 Å². The van der Waals surface area contributed by atoms with Crippen molar-refractivity contribution in [1.29, 1.82) is 0 Å². The topological polar surface area (TPSA) is 112 Å². The third-order valence-electron chi connectivity index (χ3n) is 3.90. The predicted molar refractivity (Wildman–Crippen MR) is 80.6 cm³/mol. The van der Waals surface area contributed by atoms with Crippen molar-refractivity contribution in [3.05, 3.63) is 34.3 Å². The van der Waals surface area contributed by atoms with Crippen molar-refractivity contribution in [2.75, 3.05) is 7.11 Å². The number of nitrogens with zero attached hydrogens (tertiary/aromatic N) is 1. The van der Waals surface area contributed by atoms with Crippen LogP contribution in [0.2, 0.25) is 0 Å². The lowest BCUT2D eigenvalue weighted by Gasteiger charge is -2.13. The highest BCUT2D eigenvalue weighted by Crippen LogP contribution is 2.30. The van der Waals surface area contributed by atoms with Gasteiger partial charge in [0.1, 0.15) is 12.3 Å². The van der Waals surface area contributed by atoms with E-state index in [4.69, 9.17) is 14.6 Å². The molecule has 1 aromatic rings. The molecule has 0 amide bonds. The minimum Gasteiger partial charge on any atom is -0.492 e. The van der Waals surface area contributed by atoms with Crippen LogP contribution in [0.5, 0.6) is 0 Å². The van der Waals surface area contributed by atoms with Gasteiger partial charge in [-0.1, -0.05) is 0 Å². The second-order valence-electron chi connectivity index (χ2n) is 5.31. The number of fused-ring (bicyclic) bond motifs is 1. The highest BCUT2D eigenvalue weighted by Gasteiger charge is 2.34. The normalized spacial score (nSPS) is 13.4.